The molecule has 2 aromatic rings. The van der Waals surface area contributed by atoms with Gasteiger partial charge < -0.3 is 10.1 Å². The standard InChI is InChI=1S/C24H26N2O5/c1-16(2)14-20(26-22(28)18-10-6-7-11-19(18)23(26)29)24(30)31-15-21(27)25-13-12-17-8-4-3-5-9-17/h3-11,16,20H,12-15H2,1-2H3,(H,25,27)/t20-/m0/s1. The molecule has 7 heteroatoms. The molecule has 31 heavy (non-hydrogen) atoms. The second kappa shape index (κ2) is 10.0. The average Bonchev–Trinajstić information content (AvgIpc) is 3.01. The summed E-state index contributed by atoms with van der Waals surface area (Å²) in [6.45, 7) is 3.71. The van der Waals surface area contributed by atoms with Crippen LogP contribution in [0.5, 0.6) is 0 Å². The first-order valence-corrected chi connectivity index (χ1v) is 10.3. The van der Waals surface area contributed by atoms with Crippen LogP contribution in [0.2, 0.25) is 0 Å². The zero-order valence-electron chi connectivity index (χ0n) is 17.7. The topological polar surface area (TPSA) is 92.8 Å². The predicted octanol–water partition coefficient (Wildman–Crippen LogP) is 2.60. The maximum Gasteiger partial charge on any atom is 0.329 e. The number of nitrogens with one attached hydrogen (secondary N) is 1. The summed E-state index contributed by atoms with van der Waals surface area (Å²) >= 11 is 0. The van der Waals surface area contributed by atoms with Crippen LogP contribution in [-0.2, 0) is 20.7 Å². The summed E-state index contributed by atoms with van der Waals surface area (Å²) < 4.78 is 5.18. The minimum absolute atomic E-state index is 0.0292. The number of carbonyl (C=O) groups excluding carboxylic acids is 4. The molecule has 2 aromatic carbocycles. The fourth-order valence-corrected chi connectivity index (χ4v) is 3.52. The molecule has 0 saturated carbocycles. The molecular formula is C24H26N2O5. The molecule has 0 aromatic heterocycles. The zero-order valence-corrected chi connectivity index (χ0v) is 17.7. The van der Waals surface area contributed by atoms with Gasteiger partial charge in [-0.1, -0.05) is 56.3 Å². The lowest BCUT2D eigenvalue weighted by atomic mass is 10.0. The molecule has 0 fully saturated rings. The smallest absolute Gasteiger partial charge is 0.329 e. The van der Waals surface area contributed by atoms with E-state index in [1.54, 1.807) is 24.3 Å². The van der Waals surface area contributed by atoms with Crippen molar-refractivity contribution in [2.75, 3.05) is 13.2 Å². The number of esters is 1. The third-order valence-electron chi connectivity index (χ3n) is 5.03. The number of rotatable bonds is 9. The number of hydrogen-bond donors (Lipinski definition) is 1. The van der Waals surface area contributed by atoms with Gasteiger partial charge in [0.1, 0.15) is 6.04 Å². The number of imide groups is 1. The highest BCUT2D eigenvalue weighted by Crippen LogP contribution is 2.27. The van der Waals surface area contributed by atoms with E-state index in [1.807, 2.05) is 44.2 Å². The van der Waals surface area contributed by atoms with E-state index in [4.69, 9.17) is 4.74 Å². The van der Waals surface area contributed by atoms with E-state index < -0.39 is 36.3 Å². The van der Waals surface area contributed by atoms with Crippen LogP contribution in [-0.4, -0.2) is 47.8 Å². The molecule has 0 unspecified atom stereocenters. The molecule has 0 aliphatic carbocycles. The van der Waals surface area contributed by atoms with Crippen molar-refractivity contribution in [3.05, 3.63) is 71.3 Å². The first-order valence-electron chi connectivity index (χ1n) is 10.3. The average molecular weight is 422 g/mol. The monoisotopic (exact) mass is 422 g/mol. The molecule has 0 saturated heterocycles. The molecule has 1 N–H and O–H groups in total. The van der Waals surface area contributed by atoms with Gasteiger partial charge in [0, 0.05) is 6.54 Å². The van der Waals surface area contributed by atoms with Gasteiger partial charge in [-0.15, -0.1) is 0 Å². The van der Waals surface area contributed by atoms with Gasteiger partial charge in [-0.2, -0.15) is 0 Å². The molecule has 1 aliphatic heterocycles. The zero-order chi connectivity index (χ0) is 22.4. The van der Waals surface area contributed by atoms with Crippen LogP contribution in [0.4, 0.5) is 0 Å². The molecule has 3 rings (SSSR count). The van der Waals surface area contributed by atoms with Crippen molar-refractivity contribution in [2.45, 2.75) is 32.7 Å². The van der Waals surface area contributed by atoms with E-state index in [9.17, 15) is 19.2 Å². The number of fused-ring (bicyclic) bond motifs is 1. The van der Waals surface area contributed by atoms with Gasteiger partial charge >= 0.3 is 5.97 Å². The molecular weight excluding hydrogens is 396 g/mol. The van der Waals surface area contributed by atoms with Crippen molar-refractivity contribution in [3.63, 3.8) is 0 Å². The Balaban J connectivity index is 1.58. The summed E-state index contributed by atoms with van der Waals surface area (Å²) in [7, 11) is 0. The molecule has 1 atom stereocenters. The first kappa shape index (κ1) is 22.2. The Morgan fingerprint density at radius 1 is 0.935 bits per heavy atom. The number of hydrogen-bond acceptors (Lipinski definition) is 5. The minimum Gasteiger partial charge on any atom is -0.454 e. The first-order chi connectivity index (χ1) is 14.9. The third kappa shape index (κ3) is 5.36. The highest BCUT2D eigenvalue weighted by atomic mass is 16.5. The molecule has 0 radical (unpaired) electrons. The second-order valence-corrected chi connectivity index (χ2v) is 7.86. The number of amides is 3. The third-order valence-corrected chi connectivity index (χ3v) is 5.03. The largest absolute Gasteiger partial charge is 0.454 e. The molecule has 3 amide bonds. The van der Waals surface area contributed by atoms with Crippen molar-refractivity contribution in [1.82, 2.24) is 10.2 Å². The fourth-order valence-electron chi connectivity index (χ4n) is 3.52. The summed E-state index contributed by atoms with van der Waals surface area (Å²) in [6, 6.07) is 15.1. The SMILES string of the molecule is CC(C)C[C@@H](C(=O)OCC(=O)NCCc1ccccc1)N1C(=O)c2ccccc2C1=O. The Bertz CT molecular complexity index is 936. The number of ether oxygens (including phenoxy) is 1. The lowest BCUT2D eigenvalue weighted by Gasteiger charge is -2.25. The van der Waals surface area contributed by atoms with Gasteiger partial charge in [0.25, 0.3) is 17.7 Å². The maximum atomic E-state index is 12.8. The number of carbonyl (C=O) groups is 4. The summed E-state index contributed by atoms with van der Waals surface area (Å²) in [4.78, 5) is 51.3. The van der Waals surface area contributed by atoms with Gasteiger partial charge in [-0.3, -0.25) is 19.3 Å². The number of benzene rings is 2. The van der Waals surface area contributed by atoms with Crippen molar-refractivity contribution in [3.8, 4) is 0 Å². The quantitative estimate of drug-likeness (QED) is 0.495. The normalized spacial score (nSPS) is 13.8. The van der Waals surface area contributed by atoms with E-state index in [-0.39, 0.29) is 23.5 Å². The van der Waals surface area contributed by atoms with Crippen molar-refractivity contribution >= 4 is 23.7 Å². The van der Waals surface area contributed by atoms with Gasteiger partial charge in [0.05, 0.1) is 11.1 Å². The summed E-state index contributed by atoms with van der Waals surface area (Å²) in [5.41, 5.74) is 1.63. The van der Waals surface area contributed by atoms with Gasteiger partial charge in [-0.25, -0.2) is 4.79 Å². The van der Waals surface area contributed by atoms with Crippen LogP contribution in [0.15, 0.2) is 54.6 Å². The second-order valence-electron chi connectivity index (χ2n) is 7.86. The summed E-state index contributed by atoms with van der Waals surface area (Å²) in [5, 5.41) is 2.70. The van der Waals surface area contributed by atoms with Gasteiger partial charge in [0.15, 0.2) is 6.61 Å². The van der Waals surface area contributed by atoms with E-state index in [0.29, 0.717) is 13.0 Å². The van der Waals surface area contributed by atoms with Crippen LogP contribution in [0.3, 0.4) is 0 Å². The summed E-state index contributed by atoms with van der Waals surface area (Å²) in [6.07, 6.45) is 0.908. The highest BCUT2D eigenvalue weighted by molar-refractivity contribution is 6.22. The summed E-state index contributed by atoms with van der Waals surface area (Å²) in [5.74, 6) is -2.20. The van der Waals surface area contributed by atoms with E-state index >= 15 is 0 Å². The van der Waals surface area contributed by atoms with Crippen LogP contribution >= 0.6 is 0 Å². The molecule has 1 aliphatic rings. The van der Waals surface area contributed by atoms with Crippen LogP contribution < -0.4 is 5.32 Å². The Hall–Kier alpha value is -3.48. The Morgan fingerprint density at radius 3 is 2.10 bits per heavy atom. The van der Waals surface area contributed by atoms with Crippen LogP contribution in [0, 0.1) is 5.92 Å². The Labute approximate surface area is 181 Å². The van der Waals surface area contributed by atoms with E-state index in [1.165, 1.54) is 0 Å². The highest BCUT2D eigenvalue weighted by Gasteiger charge is 2.43. The molecule has 7 nitrogen and oxygen atoms in total. The molecule has 1 heterocycles. The van der Waals surface area contributed by atoms with Crippen molar-refractivity contribution in [2.24, 2.45) is 5.92 Å². The van der Waals surface area contributed by atoms with Crippen LogP contribution in [0.1, 0.15) is 46.5 Å². The van der Waals surface area contributed by atoms with Gasteiger partial charge in [0.2, 0.25) is 0 Å². The molecule has 162 valence electrons. The fraction of sp³-hybridized carbons (Fsp3) is 0.333. The van der Waals surface area contributed by atoms with E-state index in [0.717, 1.165) is 10.5 Å². The Morgan fingerprint density at radius 2 is 1.52 bits per heavy atom. The minimum atomic E-state index is -1.08. The molecule has 0 bridgehead atoms. The van der Waals surface area contributed by atoms with Crippen LogP contribution in [0.25, 0.3) is 0 Å². The lowest BCUT2D eigenvalue weighted by molar-refractivity contribution is -0.152. The van der Waals surface area contributed by atoms with Gasteiger partial charge in [-0.05, 0) is 36.5 Å². The van der Waals surface area contributed by atoms with Crippen molar-refractivity contribution in [1.29, 1.82) is 0 Å². The van der Waals surface area contributed by atoms with E-state index in [2.05, 4.69) is 5.32 Å². The number of nitrogens with zero attached hydrogens (tertiary/aromatic N) is 1. The predicted molar refractivity (Wildman–Crippen MR) is 114 cm³/mol. The maximum absolute atomic E-state index is 12.8. The Kier molecular flexibility index (Phi) is 7.18. The van der Waals surface area contributed by atoms with Crippen molar-refractivity contribution < 1.29 is 23.9 Å². The lowest BCUT2D eigenvalue weighted by Crippen LogP contribution is -2.47. The molecule has 0 spiro atoms.